The molecule has 0 aliphatic carbocycles. The van der Waals surface area contributed by atoms with Gasteiger partial charge in [-0.25, -0.2) is 0 Å². The maximum Gasteiger partial charge on any atom is 0.435 e. The molecule has 2 aromatic rings. The van der Waals surface area contributed by atoms with Crippen LogP contribution >= 0.6 is 23.2 Å². The first-order valence-electron chi connectivity index (χ1n) is 10.2. The molecule has 192 valence electrons. The van der Waals surface area contributed by atoms with E-state index in [2.05, 4.69) is 20.5 Å². The molecule has 2 atom stereocenters. The third kappa shape index (κ3) is 4.96. The average Bonchev–Trinajstić information content (AvgIpc) is 3.40. The summed E-state index contributed by atoms with van der Waals surface area (Å²) in [5.74, 6) is -0.745. The number of nitrogens with zero attached hydrogens (tertiary/aromatic N) is 2. The lowest BCUT2D eigenvalue weighted by Gasteiger charge is -2.29. The van der Waals surface area contributed by atoms with Crippen LogP contribution in [-0.2, 0) is 15.3 Å². The molecule has 2 aliphatic heterocycles. The molecular weight excluding hydrogens is 539 g/mol. The molecule has 1 unspecified atom stereocenters. The predicted molar refractivity (Wildman–Crippen MR) is 118 cm³/mol. The zero-order valence-corrected chi connectivity index (χ0v) is 19.6. The van der Waals surface area contributed by atoms with Gasteiger partial charge in [-0.1, -0.05) is 39.6 Å². The van der Waals surface area contributed by atoms with E-state index in [9.17, 15) is 31.1 Å². The standard InChI is InChI=1S/C22H15Cl2F6N3O3/c1-10-4-11(2-3-15(10)19(34)31-18-8-17(33-35-18)21(25,26)27)16-9-20(36-32-16,22(28,29)30)12-5-13(23)7-14(24)6-12/h2-7,18H,8-9H2,1H3,(H,31,34)/t18?,20-/m0/s1. The van der Waals surface area contributed by atoms with Crippen molar-refractivity contribution < 1.29 is 40.8 Å². The number of nitrogens with one attached hydrogen (secondary N) is 1. The highest BCUT2D eigenvalue weighted by atomic mass is 35.5. The predicted octanol–water partition coefficient (Wildman–Crippen LogP) is 6.28. The second-order valence-electron chi connectivity index (χ2n) is 8.13. The number of oxime groups is 2. The Morgan fingerprint density at radius 2 is 1.72 bits per heavy atom. The van der Waals surface area contributed by atoms with Gasteiger partial charge in [0.25, 0.3) is 11.5 Å². The zero-order valence-electron chi connectivity index (χ0n) is 18.1. The monoisotopic (exact) mass is 553 g/mol. The zero-order chi connectivity index (χ0) is 26.5. The van der Waals surface area contributed by atoms with Crippen LogP contribution in [0.5, 0.6) is 0 Å². The van der Waals surface area contributed by atoms with Gasteiger partial charge in [0, 0.05) is 27.6 Å². The smallest absolute Gasteiger partial charge is 0.374 e. The molecular formula is C22H15Cl2F6N3O3. The fourth-order valence-corrected chi connectivity index (χ4v) is 4.32. The van der Waals surface area contributed by atoms with Crippen molar-refractivity contribution in [2.75, 3.05) is 0 Å². The van der Waals surface area contributed by atoms with Crippen LogP contribution in [0, 0.1) is 6.92 Å². The van der Waals surface area contributed by atoms with Gasteiger partial charge in [0.05, 0.1) is 12.1 Å². The van der Waals surface area contributed by atoms with Gasteiger partial charge >= 0.3 is 12.4 Å². The Labute approximate surface area is 209 Å². The molecule has 2 aromatic carbocycles. The maximum atomic E-state index is 14.2. The molecule has 0 bridgehead atoms. The molecule has 0 spiro atoms. The van der Waals surface area contributed by atoms with E-state index in [1.807, 2.05) is 0 Å². The van der Waals surface area contributed by atoms with Crippen LogP contribution in [-0.4, -0.2) is 35.9 Å². The van der Waals surface area contributed by atoms with Gasteiger partial charge < -0.3 is 15.0 Å². The van der Waals surface area contributed by atoms with Crippen molar-refractivity contribution in [2.45, 2.75) is 43.9 Å². The number of benzene rings is 2. The molecule has 36 heavy (non-hydrogen) atoms. The lowest BCUT2D eigenvalue weighted by Crippen LogP contribution is -2.42. The number of halogens is 8. The van der Waals surface area contributed by atoms with Crippen molar-refractivity contribution in [3.8, 4) is 0 Å². The topological polar surface area (TPSA) is 72.3 Å². The Kier molecular flexibility index (Phi) is 6.63. The number of alkyl halides is 6. The van der Waals surface area contributed by atoms with Gasteiger partial charge in [-0.3, -0.25) is 4.79 Å². The second kappa shape index (κ2) is 9.15. The second-order valence-corrected chi connectivity index (χ2v) is 9.00. The molecule has 6 nitrogen and oxygen atoms in total. The van der Waals surface area contributed by atoms with E-state index >= 15 is 0 Å². The maximum absolute atomic E-state index is 14.2. The van der Waals surface area contributed by atoms with Crippen molar-refractivity contribution in [2.24, 2.45) is 10.3 Å². The van der Waals surface area contributed by atoms with Crippen LogP contribution in [0.15, 0.2) is 46.7 Å². The first kappa shape index (κ1) is 26.1. The first-order valence-corrected chi connectivity index (χ1v) is 11.0. The van der Waals surface area contributed by atoms with Crippen molar-refractivity contribution in [3.05, 3.63) is 68.7 Å². The van der Waals surface area contributed by atoms with E-state index in [1.165, 1.54) is 31.2 Å². The van der Waals surface area contributed by atoms with Gasteiger partial charge in [-0.05, 0) is 48.4 Å². The fourth-order valence-electron chi connectivity index (χ4n) is 3.79. The number of carbonyl (C=O) groups excluding carboxylic acids is 1. The van der Waals surface area contributed by atoms with Crippen molar-refractivity contribution in [3.63, 3.8) is 0 Å². The van der Waals surface area contributed by atoms with E-state index in [4.69, 9.17) is 28.0 Å². The summed E-state index contributed by atoms with van der Waals surface area (Å²) in [4.78, 5) is 22.1. The molecule has 0 aromatic heterocycles. The molecule has 2 heterocycles. The van der Waals surface area contributed by atoms with Crippen molar-refractivity contribution >= 4 is 40.5 Å². The number of amides is 1. The third-order valence-electron chi connectivity index (χ3n) is 5.61. The van der Waals surface area contributed by atoms with Crippen LogP contribution in [0.2, 0.25) is 10.0 Å². The lowest BCUT2D eigenvalue weighted by molar-refractivity contribution is -0.275. The SMILES string of the molecule is Cc1cc(C2=NO[C@@](c3cc(Cl)cc(Cl)c3)(C(F)(F)F)C2)ccc1C(=O)NC1CC(C(F)(F)F)=NO1. The highest BCUT2D eigenvalue weighted by Crippen LogP contribution is 2.49. The molecule has 14 heteroatoms. The molecule has 0 saturated heterocycles. The summed E-state index contributed by atoms with van der Waals surface area (Å²) in [5.41, 5.74) is -3.69. The van der Waals surface area contributed by atoms with Crippen LogP contribution in [0.3, 0.4) is 0 Å². The van der Waals surface area contributed by atoms with E-state index in [0.717, 1.165) is 12.1 Å². The molecule has 0 radical (unpaired) electrons. The molecule has 0 fully saturated rings. The normalized spacial score (nSPS) is 22.0. The van der Waals surface area contributed by atoms with Crippen LogP contribution in [0.1, 0.15) is 39.9 Å². The van der Waals surface area contributed by atoms with Crippen LogP contribution in [0.4, 0.5) is 26.3 Å². The highest BCUT2D eigenvalue weighted by molar-refractivity contribution is 6.34. The molecule has 0 saturated carbocycles. The summed E-state index contributed by atoms with van der Waals surface area (Å²) in [6.07, 6.45) is -12.2. The highest BCUT2D eigenvalue weighted by Gasteiger charge is 2.62. The minimum Gasteiger partial charge on any atom is -0.374 e. The van der Waals surface area contributed by atoms with Gasteiger partial charge in [0.1, 0.15) is 0 Å². The van der Waals surface area contributed by atoms with Crippen molar-refractivity contribution in [1.29, 1.82) is 0 Å². The van der Waals surface area contributed by atoms with E-state index in [-0.39, 0.29) is 32.4 Å². The third-order valence-corrected chi connectivity index (χ3v) is 6.04. The lowest BCUT2D eigenvalue weighted by atomic mass is 9.86. The van der Waals surface area contributed by atoms with E-state index < -0.39 is 48.6 Å². The van der Waals surface area contributed by atoms with Crippen molar-refractivity contribution in [1.82, 2.24) is 5.32 Å². The number of carbonyl (C=O) groups is 1. The molecule has 4 rings (SSSR count). The number of hydrogen-bond acceptors (Lipinski definition) is 5. The number of aryl methyl sites for hydroxylation is 1. The largest absolute Gasteiger partial charge is 0.435 e. The number of rotatable bonds is 4. The average molecular weight is 554 g/mol. The van der Waals surface area contributed by atoms with Crippen LogP contribution < -0.4 is 5.32 Å². The Balaban J connectivity index is 1.52. The van der Waals surface area contributed by atoms with E-state index in [0.29, 0.717) is 5.56 Å². The fraction of sp³-hybridized carbons (Fsp3) is 0.318. The molecule has 2 aliphatic rings. The minimum absolute atomic E-state index is 0.0108. The summed E-state index contributed by atoms with van der Waals surface area (Å²) >= 11 is 11.8. The van der Waals surface area contributed by atoms with E-state index in [1.54, 1.807) is 0 Å². The Morgan fingerprint density at radius 3 is 2.28 bits per heavy atom. The first-order chi connectivity index (χ1) is 16.7. The summed E-state index contributed by atoms with van der Waals surface area (Å²) in [6.45, 7) is 1.51. The van der Waals surface area contributed by atoms with Gasteiger partial charge in [0.2, 0.25) is 6.23 Å². The summed E-state index contributed by atoms with van der Waals surface area (Å²) < 4.78 is 80.6. The Morgan fingerprint density at radius 1 is 1.06 bits per heavy atom. The Bertz CT molecular complexity index is 1260. The minimum atomic E-state index is -4.88. The quantitative estimate of drug-likeness (QED) is 0.453. The van der Waals surface area contributed by atoms with Gasteiger partial charge in [-0.15, -0.1) is 0 Å². The molecule has 1 amide bonds. The summed E-state index contributed by atoms with van der Waals surface area (Å²) in [5, 5.41) is 8.86. The Hall–Kier alpha value is -2.99. The summed E-state index contributed by atoms with van der Waals surface area (Å²) in [7, 11) is 0. The van der Waals surface area contributed by atoms with Gasteiger partial charge in [-0.2, -0.15) is 26.3 Å². The van der Waals surface area contributed by atoms with Gasteiger partial charge in [0.15, 0.2) is 5.71 Å². The summed E-state index contributed by atoms with van der Waals surface area (Å²) in [6, 6.07) is 7.56. The number of hydrogen-bond donors (Lipinski definition) is 1. The molecule has 1 N–H and O–H groups in total. The van der Waals surface area contributed by atoms with Crippen LogP contribution in [0.25, 0.3) is 0 Å².